The molecule has 1 saturated carbocycles. The lowest BCUT2D eigenvalue weighted by molar-refractivity contribution is 0.0534. The summed E-state index contributed by atoms with van der Waals surface area (Å²) in [6, 6.07) is 7.06. The molecule has 1 saturated heterocycles. The zero-order valence-electron chi connectivity index (χ0n) is 9.21. The van der Waals surface area contributed by atoms with E-state index in [4.69, 9.17) is 4.84 Å². The first-order valence-electron chi connectivity index (χ1n) is 5.97. The molecule has 2 aliphatic rings. The summed E-state index contributed by atoms with van der Waals surface area (Å²) in [4.78, 5) is 5.39. The van der Waals surface area contributed by atoms with Gasteiger partial charge in [-0.15, -0.1) is 0 Å². The Labute approximate surface area is 94.8 Å². The molecule has 1 N–H and O–H groups in total. The Hall–Kier alpha value is -0.930. The fourth-order valence-electron chi connectivity index (χ4n) is 3.11. The molecule has 0 aromatic heterocycles. The number of hydrogen-bond donors (Lipinski definition) is 1. The highest BCUT2D eigenvalue weighted by Gasteiger charge is 2.47. The van der Waals surface area contributed by atoms with E-state index < -0.39 is 0 Å². The molecule has 0 amide bonds. The third-order valence-electron chi connectivity index (χ3n) is 3.96. The van der Waals surface area contributed by atoms with Crippen LogP contribution >= 0.6 is 0 Å². The van der Waals surface area contributed by atoms with Crippen LogP contribution in [0.5, 0.6) is 0 Å². The molecular formula is C13H16FNO. The maximum atomic E-state index is 13.9. The van der Waals surface area contributed by atoms with Crippen molar-refractivity contribution in [2.75, 3.05) is 6.61 Å². The van der Waals surface area contributed by atoms with Gasteiger partial charge >= 0.3 is 0 Å². The van der Waals surface area contributed by atoms with Gasteiger partial charge < -0.3 is 4.84 Å². The van der Waals surface area contributed by atoms with Gasteiger partial charge in [0, 0.05) is 11.5 Å². The first-order chi connectivity index (χ1) is 7.83. The van der Waals surface area contributed by atoms with E-state index >= 15 is 0 Å². The highest BCUT2D eigenvalue weighted by molar-refractivity contribution is 5.28. The van der Waals surface area contributed by atoms with E-state index in [0.717, 1.165) is 24.8 Å². The Morgan fingerprint density at radius 3 is 3.06 bits per heavy atom. The molecule has 0 spiro atoms. The molecule has 1 aliphatic heterocycles. The van der Waals surface area contributed by atoms with Gasteiger partial charge in [-0.2, -0.15) is 5.48 Å². The molecule has 3 rings (SSSR count). The van der Waals surface area contributed by atoms with Gasteiger partial charge in [-0.3, -0.25) is 0 Å². The number of fused-ring (bicyclic) bond motifs is 1. The largest absolute Gasteiger partial charge is 0.301 e. The molecule has 1 aliphatic carbocycles. The van der Waals surface area contributed by atoms with E-state index in [1.807, 2.05) is 12.1 Å². The van der Waals surface area contributed by atoms with E-state index in [0.29, 0.717) is 12.5 Å². The SMILES string of the molecule is Fc1ccccc1C12CCCCC1CON2. The van der Waals surface area contributed by atoms with Crippen molar-refractivity contribution in [2.24, 2.45) is 5.92 Å². The zero-order chi connectivity index (χ0) is 11.0. The predicted octanol–water partition coefficient (Wildman–Crippen LogP) is 2.75. The summed E-state index contributed by atoms with van der Waals surface area (Å²) in [7, 11) is 0. The second-order valence-corrected chi connectivity index (χ2v) is 4.81. The number of hydroxylamine groups is 1. The maximum absolute atomic E-state index is 13.9. The first kappa shape index (κ1) is 10.2. The minimum atomic E-state index is -0.274. The van der Waals surface area contributed by atoms with Gasteiger partial charge in [0.1, 0.15) is 5.82 Å². The van der Waals surface area contributed by atoms with E-state index in [2.05, 4.69) is 5.48 Å². The van der Waals surface area contributed by atoms with Crippen LogP contribution in [-0.4, -0.2) is 6.61 Å². The molecule has 16 heavy (non-hydrogen) atoms. The lowest BCUT2D eigenvalue weighted by atomic mass is 9.70. The second kappa shape index (κ2) is 3.82. The Morgan fingerprint density at radius 1 is 1.31 bits per heavy atom. The van der Waals surface area contributed by atoms with E-state index in [-0.39, 0.29) is 11.4 Å². The molecule has 3 heteroatoms. The smallest absolute Gasteiger partial charge is 0.128 e. The predicted molar refractivity (Wildman–Crippen MR) is 59.1 cm³/mol. The van der Waals surface area contributed by atoms with Gasteiger partial charge in [0.15, 0.2) is 0 Å². The van der Waals surface area contributed by atoms with E-state index in [1.165, 1.54) is 12.5 Å². The lowest BCUT2D eigenvalue weighted by Crippen LogP contribution is -2.44. The minimum absolute atomic E-state index is 0.118. The Kier molecular flexibility index (Phi) is 2.45. The van der Waals surface area contributed by atoms with Crippen LogP contribution in [0.3, 0.4) is 0 Å². The van der Waals surface area contributed by atoms with Gasteiger partial charge in [0.25, 0.3) is 0 Å². The van der Waals surface area contributed by atoms with E-state index in [1.54, 1.807) is 6.07 Å². The fourth-order valence-corrected chi connectivity index (χ4v) is 3.11. The van der Waals surface area contributed by atoms with Crippen molar-refractivity contribution in [2.45, 2.75) is 31.2 Å². The topological polar surface area (TPSA) is 21.3 Å². The summed E-state index contributed by atoms with van der Waals surface area (Å²) >= 11 is 0. The number of halogens is 1. The van der Waals surface area contributed by atoms with Crippen molar-refractivity contribution in [3.63, 3.8) is 0 Å². The van der Waals surface area contributed by atoms with Crippen LogP contribution in [0.25, 0.3) is 0 Å². The maximum Gasteiger partial charge on any atom is 0.128 e. The summed E-state index contributed by atoms with van der Waals surface area (Å²) in [5.74, 6) is 0.297. The summed E-state index contributed by atoms with van der Waals surface area (Å²) in [6.07, 6.45) is 4.47. The van der Waals surface area contributed by atoms with Crippen molar-refractivity contribution in [3.8, 4) is 0 Å². The molecule has 1 heterocycles. The third-order valence-corrected chi connectivity index (χ3v) is 3.96. The zero-order valence-corrected chi connectivity index (χ0v) is 9.21. The minimum Gasteiger partial charge on any atom is -0.301 e. The van der Waals surface area contributed by atoms with Crippen LogP contribution in [0.2, 0.25) is 0 Å². The average molecular weight is 221 g/mol. The van der Waals surface area contributed by atoms with Gasteiger partial charge in [-0.05, 0) is 18.9 Å². The number of hydrogen-bond acceptors (Lipinski definition) is 2. The number of nitrogens with one attached hydrogen (secondary N) is 1. The Balaban J connectivity index is 2.05. The molecule has 0 bridgehead atoms. The first-order valence-corrected chi connectivity index (χ1v) is 5.97. The van der Waals surface area contributed by atoms with Crippen LogP contribution < -0.4 is 5.48 Å². The summed E-state index contributed by atoms with van der Waals surface area (Å²) < 4.78 is 13.9. The number of rotatable bonds is 1. The fraction of sp³-hybridized carbons (Fsp3) is 0.538. The summed E-state index contributed by atoms with van der Waals surface area (Å²) in [5.41, 5.74) is 3.59. The van der Waals surface area contributed by atoms with Crippen LogP contribution in [-0.2, 0) is 10.4 Å². The molecule has 2 unspecified atom stereocenters. The van der Waals surface area contributed by atoms with Crippen molar-refractivity contribution in [3.05, 3.63) is 35.6 Å². The van der Waals surface area contributed by atoms with Crippen LogP contribution in [0, 0.1) is 11.7 Å². The highest BCUT2D eigenvalue weighted by Crippen LogP contribution is 2.45. The molecule has 2 fully saturated rings. The monoisotopic (exact) mass is 221 g/mol. The lowest BCUT2D eigenvalue weighted by Gasteiger charge is -2.38. The van der Waals surface area contributed by atoms with Crippen molar-refractivity contribution >= 4 is 0 Å². The Morgan fingerprint density at radius 2 is 2.19 bits per heavy atom. The van der Waals surface area contributed by atoms with Crippen LogP contribution in [0.1, 0.15) is 31.2 Å². The van der Waals surface area contributed by atoms with Gasteiger partial charge in [0.2, 0.25) is 0 Å². The standard InChI is InChI=1S/C13H16FNO/c14-12-7-2-1-6-11(12)13-8-4-3-5-10(13)9-16-15-13/h1-2,6-7,10,15H,3-5,8-9H2. The van der Waals surface area contributed by atoms with E-state index in [9.17, 15) is 4.39 Å². The summed E-state index contributed by atoms with van der Waals surface area (Å²) in [6.45, 7) is 0.703. The normalized spacial score (nSPS) is 33.7. The molecule has 0 radical (unpaired) electrons. The molecule has 1 aromatic carbocycles. The third kappa shape index (κ3) is 1.39. The van der Waals surface area contributed by atoms with Gasteiger partial charge in [-0.1, -0.05) is 31.0 Å². The Bertz CT molecular complexity index is 395. The highest BCUT2D eigenvalue weighted by atomic mass is 19.1. The molecule has 2 atom stereocenters. The van der Waals surface area contributed by atoms with Crippen LogP contribution in [0.4, 0.5) is 4.39 Å². The molecule has 2 nitrogen and oxygen atoms in total. The molecular weight excluding hydrogens is 205 g/mol. The van der Waals surface area contributed by atoms with Crippen molar-refractivity contribution < 1.29 is 9.23 Å². The average Bonchev–Trinajstić information content (AvgIpc) is 2.74. The van der Waals surface area contributed by atoms with Crippen molar-refractivity contribution in [1.82, 2.24) is 5.48 Å². The number of benzene rings is 1. The molecule has 86 valence electrons. The quantitative estimate of drug-likeness (QED) is 0.787. The second-order valence-electron chi connectivity index (χ2n) is 4.81. The van der Waals surface area contributed by atoms with Crippen LogP contribution in [0.15, 0.2) is 24.3 Å². The van der Waals surface area contributed by atoms with Crippen molar-refractivity contribution in [1.29, 1.82) is 0 Å². The molecule has 1 aromatic rings. The van der Waals surface area contributed by atoms with Gasteiger partial charge in [0.05, 0.1) is 12.1 Å². The summed E-state index contributed by atoms with van der Waals surface area (Å²) in [5, 5.41) is 0. The van der Waals surface area contributed by atoms with Gasteiger partial charge in [-0.25, -0.2) is 4.39 Å².